The van der Waals surface area contributed by atoms with Gasteiger partial charge in [0.2, 0.25) is 0 Å². The van der Waals surface area contributed by atoms with Crippen LogP contribution in [0.4, 0.5) is 4.79 Å². The Hall–Kier alpha value is -1.76. The normalized spacial score (nSPS) is 9.74. The van der Waals surface area contributed by atoms with Crippen LogP contribution < -0.4 is 10.3 Å². The van der Waals surface area contributed by atoms with Crippen LogP contribution in [0.25, 0.3) is 0 Å². The molecule has 0 aliphatic carbocycles. The number of ether oxygens (including phenoxy) is 1. The molecule has 0 aliphatic heterocycles. The number of benzene rings is 2. The van der Waals surface area contributed by atoms with Gasteiger partial charge in [0, 0.05) is 3.57 Å². The molecule has 0 radical (unpaired) electrons. The van der Waals surface area contributed by atoms with Crippen molar-refractivity contribution in [1.82, 2.24) is 5.48 Å². The van der Waals surface area contributed by atoms with Gasteiger partial charge < -0.3 is 9.57 Å². The molecule has 2 aromatic rings. The molecule has 0 atom stereocenters. The third kappa shape index (κ3) is 4.78. The molecule has 0 aromatic heterocycles. The first-order valence-electron chi connectivity index (χ1n) is 5.63. The standard InChI is InChI=1S/C14H12INO3/c15-12-6-8-13(9-7-12)19-16-14(17)18-10-11-4-2-1-3-5-11/h1-9H,10H2,(H,16,17). The van der Waals surface area contributed by atoms with Crippen LogP contribution in [0.3, 0.4) is 0 Å². The summed E-state index contributed by atoms with van der Waals surface area (Å²) < 4.78 is 6.09. The first-order chi connectivity index (χ1) is 9.24. The second-order valence-electron chi connectivity index (χ2n) is 3.72. The molecule has 0 bridgehead atoms. The van der Waals surface area contributed by atoms with Gasteiger partial charge in [-0.1, -0.05) is 30.3 Å². The van der Waals surface area contributed by atoms with Crippen LogP contribution in [0.1, 0.15) is 5.56 Å². The molecule has 2 aromatic carbocycles. The zero-order valence-electron chi connectivity index (χ0n) is 10.0. The number of hydroxylamine groups is 1. The SMILES string of the molecule is O=C(NOc1ccc(I)cc1)OCc1ccccc1. The Labute approximate surface area is 124 Å². The summed E-state index contributed by atoms with van der Waals surface area (Å²) in [6.45, 7) is 0.211. The topological polar surface area (TPSA) is 47.6 Å². The summed E-state index contributed by atoms with van der Waals surface area (Å²) in [5.41, 5.74) is 3.15. The molecule has 1 amide bonds. The minimum Gasteiger partial charge on any atom is -0.443 e. The van der Waals surface area contributed by atoms with E-state index in [4.69, 9.17) is 9.57 Å². The van der Waals surface area contributed by atoms with Crippen LogP contribution in [-0.4, -0.2) is 6.09 Å². The first kappa shape index (κ1) is 13.7. The van der Waals surface area contributed by atoms with E-state index >= 15 is 0 Å². The van der Waals surface area contributed by atoms with Gasteiger partial charge in [-0.15, -0.1) is 0 Å². The number of hydrogen-bond acceptors (Lipinski definition) is 3. The van der Waals surface area contributed by atoms with Gasteiger partial charge in [0.25, 0.3) is 0 Å². The molecule has 98 valence electrons. The van der Waals surface area contributed by atoms with Crippen molar-refractivity contribution in [2.45, 2.75) is 6.61 Å². The average Bonchev–Trinajstić information content (AvgIpc) is 2.45. The third-order valence-electron chi connectivity index (χ3n) is 2.28. The Bertz CT molecular complexity index is 528. The molecular formula is C14H12INO3. The number of nitrogens with one attached hydrogen (secondary N) is 1. The van der Waals surface area contributed by atoms with Crippen molar-refractivity contribution < 1.29 is 14.4 Å². The predicted molar refractivity (Wildman–Crippen MR) is 79.5 cm³/mol. The van der Waals surface area contributed by atoms with E-state index in [2.05, 4.69) is 28.1 Å². The van der Waals surface area contributed by atoms with Gasteiger partial charge in [0.05, 0.1) is 0 Å². The summed E-state index contributed by atoms with van der Waals surface area (Å²) in [5.74, 6) is 0.553. The maximum atomic E-state index is 11.4. The lowest BCUT2D eigenvalue weighted by Gasteiger charge is -2.08. The van der Waals surface area contributed by atoms with Crippen LogP contribution in [-0.2, 0) is 11.3 Å². The smallest absolute Gasteiger partial charge is 0.440 e. The van der Waals surface area contributed by atoms with Gasteiger partial charge in [-0.2, -0.15) is 5.48 Å². The van der Waals surface area contributed by atoms with E-state index in [-0.39, 0.29) is 6.61 Å². The lowest BCUT2D eigenvalue weighted by molar-refractivity contribution is 0.0947. The van der Waals surface area contributed by atoms with Gasteiger partial charge in [-0.25, -0.2) is 4.79 Å². The lowest BCUT2D eigenvalue weighted by Crippen LogP contribution is -2.27. The summed E-state index contributed by atoms with van der Waals surface area (Å²) in [4.78, 5) is 16.5. The number of carbonyl (C=O) groups excluding carboxylic acids is 1. The lowest BCUT2D eigenvalue weighted by atomic mass is 10.2. The summed E-state index contributed by atoms with van der Waals surface area (Å²) in [5, 5.41) is 0. The van der Waals surface area contributed by atoms with Crippen LogP contribution >= 0.6 is 22.6 Å². The highest BCUT2D eigenvalue weighted by atomic mass is 127. The molecule has 0 aliphatic rings. The molecule has 19 heavy (non-hydrogen) atoms. The van der Waals surface area contributed by atoms with Crippen molar-refractivity contribution in [2.75, 3.05) is 0 Å². The van der Waals surface area contributed by atoms with Crippen molar-refractivity contribution in [1.29, 1.82) is 0 Å². The Morgan fingerprint density at radius 2 is 1.74 bits per heavy atom. The molecule has 0 saturated carbocycles. The quantitative estimate of drug-likeness (QED) is 0.663. The van der Waals surface area contributed by atoms with Crippen LogP contribution in [0.2, 0.25) is 0 Å². The minimum absolute atomic E-state index is 0.211. The van der Waals surface area contributed by atoms with Gasteiger partial charge in [-0.05, 0) is 52.4 Å². The minimum atomic E-state index is -0.623. The Morgan fingerprint density at radius 1 is 1.05 bits per heavy atom. The molecule has 0 fully saturated rings. The first-order valence-corrected chi connectivity index (χ1v) is 6.71. The van der Waals surface area contributed by atoms with Gasteiger partial charge in [-0.3, -0.25) is 0 Å². The number of halogens is 1. The van der Waals surface area contributed by atoms with Gasteiger partial charge >= 0.3 is 6.09 Å². The summed E-state index contributed by atoms with van der Waals surface area (Å²) >= 11 is 2.19. The van der Waals surface area contributed by atoms with Crippen molar-refractivity contribution in [3.63, 3.8) is 0 Å². The molecule has 4 nitrogen and oxygen atoms in total. The second-order valence-corrected chi connectivity index (χ2v) is 4.97. The van der Waals surface area contributed by atoms with E-state index in [1.54, 1.807) is 12.1 Å². The summed E-state index contributed by atoms with van der Waals surface area (Å²) in [7, 11) is 0. The zero-order chi connectivity index (χ0) is 13.5. The fourth-order valence-electron chi connectivity index (χ4n) is 1.36. The largest absolute Gasteiger partial charge is 0.443 e. The van der Waals surface area contributed by atoms with Crippen molar-refractivity contribution in [3.05, 3.63) is 63.7 Å². The molecule has 2 rings (SSSR count). The van der Waals surface area contributed by atoms with E-state index in [0.717, 1.165) is 9.13 Å². The molecule has 0 heterocycles. The molecule has 1 N–H and O–H groups in total. The molecule has 0 unspecified atom stereocenters. The monoisotopic (exact) mass is 369 g/mol. The molecule has 5 heteroatoms. The number of hydrogen-bond donors (Lipinski definition) is 1. The summed E-state index contributed by atoms with van der Waals surface area (Å²) in [6.07, 6.45) is -0.623. The van der Waals surface area contributed by atoms with E-state index in [9.17, 15) is 4.79 Å². The maximum absolute atomic E-state index is 11.4. The average molecular weight is 369 g/mol. The highest BCUT2D eigenvalue weighted by molar-refractivity contribution is 14.1. The number of amides is 1. The molecular weight excluding hydrogens is 357 g/mol. The fourth-order valence-corrected chi connectivity index (χ4v) is 1.72. The second kappa shape index (κ2) is 6.98. The van der Waals surface area contributed by atoms with E-state index in [1.165, 1.54) is 0 Å². The van der Waals surface area contributed by atoms with Crippen LogP contribution in [0.5, 0.6) is 5.75 Å². The van der Waals surface area contributed by atoms with Crippen molar-refractivity contribution in [3.8, 4) is 5.75 Å². The Balaban J connectivity index is 1.74. The van der Waals surface area contributed by atoms with Crippen molar-refractivity contribution >= 4 is 28.7 Å². The highest BCUT2D eigenvalue weighted by Gasteiger charge is 2.03. The van der Waals surface area contributed by atoms with Crippen LogP contribution in [0, 0.1) is 3.57 Å². The molecule has 0 spiro atoms. The molecule has 0 saturated heterocycles. The van der Waals surface area contributed by atoms with E-state index < -0.39 is 6.09 Å². The fraction of sp³-hybridized carbons (Fsp3) is 0.0714. The van der Waals surface area contributed by atoms with Gasteiger partial charge in [0.1, 0.15) is 6.61 Å². The van der Waals surface area contributed by atoms with E-state index in [0.29, 0.717) is 5.75 Å². The zero-order valence-corrected chi connectivity index (χ0v) is 12.2. The van der Waals surface area contributed by atoms with E-state index in [1.807, 2.05) is 42.5 Å². The highest BCUT2D eigenvalue weighted by Crippen LogP contribution is 2.12. The predicted octanol–water partition coefficient (Wildman–Crippen LogP) is 3.51. The maximum Gasteiger partial charge on any atom is 0.440 e. The summed E-state index contributed by atoms with van der Waals surface area (Å²) in [6, 6.07) is 16.7. The Morgan fingerprint density at radius 3 is 2.42 bits per heavy atom. The number of carbonyl (C=O) groups is 1. The third-order valence-corrected chi connectivity index (χ3v) is 3.00. The Kier molecular flexibility index (Phi) is 5.02. The van der Waals surface area contributed by atoms with Crippen molar-refractivity contribution in [2.24, 2.45) is 0 Å². The van der Waals surface area contributed by atoms with Crippen LogP contribution in [0.15, 0.2) is 54.6 Å². The number of rotatable bonds is 4. The van der Waals surface area contributed by atoms with Gasteiger partial charge in [0.15, 0.2) is 5.75 Å².